The van der Waals surface area contributed by atoms with E-state index in [0.717, 1.165) is 0 Å². The van der Waals surface area contributed by atoms with Crippen LogP contribution >= 0.6 is 39.1 Å². The molecule has 1 amide bonds. The number of hydrogen-bond donors (Lipinski definition) is 1. The standard InChI is InChI=1S/C22H16BrCl2FN2O3/c1-30-20-9-13(11-27-28-22(29)16-7-6-15(24)10-18(16)25)8-17(23)21(20)31-12-14-4-2-3-5-19(14)26/h2-11H,12H2,1H3,(H,28,29)/b27-11-. The smallest absolute Gasteiger partial charge is 0.272 e. The number of hydrogen-bond acceptors (Lipinski definition) is 4. The molecule has 1 N–H and O–H groups in total. The highest BCUT2D eigenvalue weighted by atomic mass is 79.9. The van der Waals surface area contributed by atoms with E-state index in [0.29, 0.717) is 32.1 Å². The van der Waals surface area contributed by atoms with E-state index in [4.69, 9.17) is 32.7 Å². The molecule has 0 saturated carbocycles. The van der Waals surface area contributed by atoms with Crippen molar-refractivity contribution in [1.82, 2.24) is 5.43 Å². The monoisotopic (exact) mass is 524 g/mol. The summed E-state index contributed by atoms with van der Waals surface area (Å²) in [5, 5.41) is 4.60. The number of benzene rings is 3. The van der Waals surface area contributed by atoms with Gasteiger partial charge in [0.25, 0.3) is 5.91 Å². The van der Waals surface area contributed by atoms with Crippen molar-refractivity contribution < 1.29 is 18.7 Å². The Morgan fingerprint density at radius 1 is 1.19 bits per heavy atom. The van der Waals surface area contributed by atoms with Gasteiger partial charge in [-0.05, 0) is 57.9 Å². The molecule has 0 fully saturated rings. The van der Waals surface area contributed by atoms with Crippen molar-refractivity contribution in [3.8, 4) is 11.5 Å². The molecule has 5 nitrogen and oxygen atoms in total. The maximum atomic E-state index is 13.8. The van der Waals surface area contributed by atoms with Gasteiger partial charge in [0.1, 0.15) is 12.4 Å². The van der Waals surface area contributed by atoms with Crippen LogP contribution in [0.4, 0.5) is 4.39 Å². The molecule has 31 heavy (non-hydrogen) atoms. The van der Waals surface area contributed by atoms with E-state index in [9.17, 15) is 9.18 Å². The summed E-state index contributed by atoms with van der Waals surface area (Å²) in [5.74, 6) is 0.00536. The first kappa shape index (κ1) is 23.1. The number of halogens is 4. The minimum Gasteiger partial charge on any atom is -0.493 e. The molecular formula is C22H16BrCl2FN2O3. The van der Waals surface area contributed by atoms with Gasteiger partial charge in [-0.15, -0.1) is 0 Å². The number of amides is 1. The van der Waals surface area contributed by atoms with Gasteiger partial charge in [0.05, 0.1) is 28.4 Å². The Morgan fingerprint density at radius 3 is 2.68 bits per heavy atom. The Kier molecular flexibility index (Phi) is 7.90. The Hall–Kier alpha value is -2.61. The number of nitrogens with zero attached hydrogens (tertiary/aromatic N) is 1. The van der Waals surface area contributed by atoms with E-state index in [1.807, 2.05) is 0 Å². The van der Waals surface area contributed by atoms with Crippen LogP contribution in [0, 0.1) is 5.82 Å². The average Bonchev–Trinajstić information content (AvgIpc) is 2.73. The fraction of sp³-hybridized carbons (Fsp3) is 0.0909. The fourth-order valence-electron chi connectivity index (χ4n) is 2.62. The molecule has 0 radical (unpaired) electrons. The first-order valence-corrected chi connectivity index (χ1v) is 10.5. The number of ether oxygens (including phenoxy) is 2. The van der Waals surface area contributed by atoms with Gasteiger partial charge in [-0.2, -0.15) is 5.10 Å². The number of carbonyl (C=O) groups excluding carboxylic acids is 1. The number of hydrazone groups is 1. The lowest BCUT2D eigenvalue weighted by Gasteiger charge is -2.14. The quantitative estimate of drug-likeness (QED) is 0.293. The lowest BCUT2D eigenvalue weighted by molar-refractivity contribution is 0.0955. The Labute approximate surface area is 196 Å². The van der Waals surface area contributed by atoms with Gasteiger partial charge >= 0.3 is 0 Å². The highest BCUT2D eigenvalue weighted by Gasteiger charge is 2.13. The zero-order valence-electron chi connectivity index (χ0n) is 16.2. The third-order valence-electron chi connectivity index (χ3n) is 4.14. The summed E-state index contributed by atoms with van der Waals surface area (Å²) in [6, 6.07) is 14.3. The van der Waals surface area contributed by atoms with Crippen LogP contribution in [0.2, 0.25) is 10.0 Å². The predicted octanol–water partition coefficient (Wildman–Crippen LogP) is 6.25. The van der Waals surface area contributed by atoms with E-state index >= 15 is 0 Å². The first-order chi connectivity index (χ1) is 14.9. The maximum Gasteiger partial charge on any atom is 0.272 e. The topological polar surface area (TPSA) is 59.9 Å². The molecule has 0 spiro atoms. The highest BCUT2D eigenvalue weighted by molar-refractivity contribution is 9.10. The first-order valence-electron chi connectivity index (χ1n) is 8.91. The molecule has 0 atom stereocenters. The fourth-order valence-corrected chi connectivity index (χ4v) is 3.69. The third kappa shape index (κ3) is 5.97. The summed E-state index contributed by atoms with van der Waals surface area (Å²) in [4.78, 5) is 12.2. The van der Waals surface area contributed by atoms with E-state index in [1.165, 1.54) is 31.5 Å². The number of carbonyl (C=O) groups is 1. The van der Waals surface area contributed by atoms with Crippen molar-refractivity contribution in [3.05, 3.63) is 91.6 Å². The molecule has 0 bridgehead atoms. The van der Waals surface area contributed by atoms with Gasteiger partial charge in [-0.1, -0.05) is 41.4 Å². The van der Waals surface area contributed by atoms with E-state index in [1.54, 1.807) is 36.4 Å². The van der Waals surface area contributed by atoms with Crippen LogP contribution < -0.4 is 14.9 Å². The van der Waals surface area contributed by atoms with Gasteiger partial charge < -0.3 is 9.47 Å². The maximum absolute atomic E-state index is 13.8. The van der Waals surface area contributed by atoms with Crippen LogP contribution in [0.5, 0.6) is 11.5 Å². The molecule has 9 heteroatoms. The molecule has 0 unspecified atom stereocenters. The summed E-state index contributed by atoms with van der Waals surface area (Å²) in [7, 11) is 1.49. The highest BCUT2D eigenvalue weighted by Crippen LogP contribution is 2.37. The summed E-state index contributed by atoms with van der Waals surface area (Å²) >= 11 is 15.3. The Bertz CT molecular complexity index is 1140. The molecule has 0 aliphatic carbocycles. The van der Waals surface area contributed by atoms with Crippen LogP contribution in [-0.4, -0.2) is 19.2 Å². The van der Waals surface area contributed by atoms with Crippen molar-refractivity contribution in [2.45, 2.75) is 6.61 Å². The third-order valence-corrected chi connectivity index (χ3v) is 5.27. The van der Waals surface area contributed by atoms with Gasteiger partial charge in [0.15, 0.2) is 11.5 Å². The van der Waals surface area contributed by atoms with Crippen molar-refractivity contribution in [3.63, 3.8) is 0 Å². The molecule has 3 aromatic rings. The Balaban J connectivity index is 1.71. The summed E-state index contributed by atoms with van der Waals surface area (Å²) < 4.78 is 25.5. The molecule has 0 aliphatic heterocycles. The summed E-state index contributed by atoms with van der Waals surface area (Å²) in [6.07, 6.45) is 1.44. The number of methoxy groups -OCH3 is 1. The normalized spacial score (nSPS) is 10.9. The second-order valence-electron chi connectivity index (χ2n) is 6.24. The van der Waals surface area contributed by atoms with Crippen molar-refractivity contribution in [2.75, 3.05) is 7.11 Å². The molecule has 3 rings (SSSR count). The SMILES string of the molecule is COc1cc(/C=N\NC(=O)c2ccc(Cl)cc2Cl)cc(Br)c1OCc1ccccc1F. The zero-order chi connectivity index (χ0) is 22.4. The van der Waals surface area contributed by atoms with Crippen LogP contribution in [-0.2, 0) is 6.61 Å². The predicted molar refractivity (Wildman–Crippen MR) is 123 cm³/mol. The van der Waals surface area contributed by atoms with Gasteiger partial charge in [0.2, 0.25) is 0 Å². The molecule has 0 aliphatic rings. The summed E-state index contributed by atoms with van der Waals surface area (Å²) in [6.45, 7) is 0.0347. The second kappa shape index (κ2) is 10.6. The summed E-state index contributed by atoms with van der Waals surface area (Å²) in [5.41, 5.74) is 3.71. The Morgan fingerprint density at radius 2 is 1.97 bits per heavy atom. The zero-order valence-corrected chi connectivity index (χ0v) is 19.3. The molecule has 3 aromatic carbocycles. The molecule has 0 heterocycles. The molecule has 160 valence electrons. The number of nitrogens with one attached hydrogen (secondary N) is 1. The molecular weight excluding hydrogens is 510 g/mol. The molecule has 0 aromatic heterocycles. The van der Waals surface area contributed by atoms with Crippen LogP contribution in [0.25, 0.3) is 0 Å². The van der Waals surface area contributed by atoms with E-state index < -0.39 is 5.91 Å². The van der Waals surface area contributed by atoms with Gasteiger partial charge in [0, 0.05) is 10.6 Å². The average molecular weight is 526 g/mol. The van der Waals surface area contributed by atoms with Crippen molar-refractivity contribution in [1.29, 1.82) is 0 Å². The van der Waals surface area contributed by atoms with Gasteiger partial charge in [-0.3, -0.25) is 4.79 Å². The molecule has 0 saturated heterocycles. The van der Waals surface area contributed by atoms with Gasteiger partial charge in [-0.25, -0.2) is 9.82 Å². The van der Waals surface area contributed by atoms with Crippen LogP contribution in [0.1, 0.15) is 21.5 Å². The minimum atomic E-state index is -0.478. The van der Waals surface area contributed by atoms with Crippen LogP contribution in [0.15, 0.2) is 64.2 Å². The minimum absolute atomic E-state index is 0.0347. The van der Waals surface area contributed by atoms with Crippen molar-refractivity contribution in [2.24, 2.45) is 5.10 Å². The second-order valence-corrected chi connectivity index (χ2v) is 7.94. The largest absolute Gasteiger partial charge is 0.493 e. The van der Waals surface area contributed by atoms with Crippen molar-refractivity contribution >= 4 is 51.3 Å². The van der Waals surface area contributed by atoms with E-state index in [2.05, 4.69) is 26.5 Å². The number of rotatable bonds is 7. The lowest BCUT2D eigenvalue weighted by Crippen LogP contribution is -2.18. The lowest BCUT2D eigenvalue weighted by atomic mass is 10.2. The van der Waals surface area contributed by atoms with Crippen LogP contribution in [0.3, 0.4) is 0 Å². The van der Waals surface area contributed by atoms with E-state index in [-0.39, 0.29) is 23.0 Å².